The molecule has 0 radical (unpaired) electrons. The number of hydrogen-bond donors (Lipinski definition) is 1. The summed E-state index contributed by atoms with van der Waals surface area (Å²) in [5.74, 6) is 1.07. The molecule has 0 unspecified atom stereocenters. The van der Waals surface area contributed by atoms with Crippen molar-refractivity contribution in [1.29, 1.82) is 0 Å². The SMILES string of the molecule is COc1cccc(OC)c1C(=O)Nc1ccc2oc(-c3ccccc3)nc2c1. The fourth-order valence-corrected chi connectivity index (χ4v) is 2.98. The number of hydrogen-bond acceptors (Lipinski definition) is 5. The van der Waals surface area contributed by atoms with Crippen LogP contribution in [0.25, 0.3) is 22.6 Å². The van der Waals surface area contributed by atoms with Crippen LogP contribution in [0.5, 0.6) is 11.5 Å². The molecule has 1 aromatic heterocycles. The summed E-state index contributed by atoms with van der Waals surface area (Å²) >= 11 is 0. The van der Waals surface area contributed by atoms with Crippen LogP contribution in [0, 0.1) is 0 Å². The molecule has 4 rings (SSSR count). The first-order chi connectivity index (χ1) is 13.7. The van der Waals surface area contributed by atoms with E-state index in [1.807, 2.05) is 30.3 Å². The summed E-state index contributed by atoms with van der Waals surface area (Å²) < 4.78 is 16.4. The van der Waals surface area contributed by atoms with Gasteiger partial charge < -0.3 is 19.2 Å². The lowest BCUT2D eigenvalue weighted by atomic mass is 10.1. The van der Waals surface area contributed by atoms with Gasteiger partial charge in [0.2, 0.25) is 5.89 Å². The number of amides is 1. The molecule has 28 heavy (non-hydrogen) atoms. The van der Waals surface area contributed by atoms with Crippen LogP contribution in [0.1, 0.15) is 10.4 Å². The molecule has 0 spiro atoms. The minimum Gasteiger partial charge on any atom is -0.496 e. The lowest BCUT2D eigenvalue weighted by Gasteiger charge is -2.12. The highest BCUT2D eigenvalue weighted by atomic mass is 16.5. The van der Waals surface area contributed by atoms with Crippen molar-refractivity contribution in [2.45, 2.75) is 0 Å². The summed E-state index contributed by atoms with van der Waals surface area (Å²) in [6.07, 6.45) is 0. The van der Waals surface area contributed by atoms with Gasteiger partial charge in [0.15, 0.2) is 5.58 Å². The van der Waals surface area contributed by atoms with Crippen molar-refractivity contribution in [3.05, 3.63) is 72.3 Å². The Kier molecular flexibility index (Phi) is 4.68. The second kappa shape index (κ2) is 7.44. The maximum absolute atomic E-state index is 12.8. The molecule has 0 aliphatic carbocycles. The molecule has 1 amide bonds. The molecule has 140 valence electrons. The van der Waals surface area contributed by atoms with Crippen LogP contribution in [0.3, 0.4) is 0 Å². The zero-order valence-corrected chi connectivity index (χ0v) is 15.4. The minimum absolute atomic E-state index is 0.331. The summed E-state index contributed by atoms with van der Waals surface area (Å²) in [6, 6.07) is 20.2. The molecule has 6 nitrogen and oxygen atoms in total. The Hall–Kier alpha value is -3.80. The topological polar surface area (TPSA) is 73.6 Å². The van der Waals surface area contributed by atoms with Gasteiger partial charge in [-0.1, -0.05) is 24.3 Å². The van der Waals surface area contributed by atoms with Crippen molar-refractivity contribution in [2.75, 3.05) is 19.5 Å². The average Bonchev–Trinajstić information content (AvgIpc) is 3.17. The molecule has 0 aliphatic rings. The summed E-state index contributed by atoms with van der Waals surface area (Å²) in [5, 5.41) is 2.87. The summed E-state index contributed by atoms with van der Waals surface area (Å²) in [7, 11) is 3.02. The van der Waals surface area contributed by atoms with Crippen LogP contribution in [-0.2, 0) is 0 Å². The molecule has 4 aromatic rings. The maximum atomic E-state index is 12.8. The standard InChI is InChI=1S/C22H18N2O4/c1-26-18-9-6-10-19(27-2)20(18)21(25)23-15-11-12-17-16(13-15)24-22(28-17)14-7-4-3-5-8-14/h3-13H,1-2H3,(H,23,25). The van der Waals surface area contributed by atoms with Crippen molar-refractivity contribution in [3.8, 4) is 23.0 Å². The molecule has 0 bridgehead atoms. The van der Waals surface area contributed by atoms with Gasteiger partial charge in [-0.3, -0.25) is 4.79 Å². The first-order valence-corrected chi connectivity index (χ1v) is 8.68. The molecule has 0 atom stereocenters. The number of anilines is 1. The Labute approximate surface area is 161 Å². The lowest BCUT2D eigenvalue weighted by molar-refractivity contribution is 0.102. The van der Waals surface area contributed by atoms with Crippen molar-refractivity contribution in [3.63, 3.8) is 0 Å². The number of methoxy groups -OCH3 is 2. The molecular weight excluding hydrogens is 356 g/mol. The average molecular weight is 374 g/mol. The van der Waals surface area contributed by atoms with E-state index in [1.54, 1.807) is 36.4 Å². The van der Waals surface area contributed by atoms with Gasteiger partial charge >= 0.3 is 0 Å². The van der Waals surface area contributed by atoms with E-state index in [0.717, 1.165) is 5.56 Å². The van der Waals surface area contributed by atoms with Crippen molar-refractivity contribution >= 4 is 22.7 Å². The van der Waals surface area contributed by atoms with Crippen molar-refractivity contribution in [1.82, 2.24) is 4.98 Å². The number of aromatic nitrogens is 1. The summed E-state index contributed by atoms with van der Waals surface area (Å²) in [5.41, 5.74) is 3.12. The normalized spacial score (nSPS) is 10.6. The van der Waals surface area contributed by atoms with Crippen LogP contribution < -0.4 is 14.8 Å². The second-order valence-electron chi connectivity index (χ2n) is 6.06. The highest BCUT2D eigenvalue weighted by molar-refractivity contribution is 6.08. The number of rotatable bonds is 5. The minimum atomic E-state index is -0.333. The number of nitrogens with zero attached hydrogens (tertiary/aromatic N) is 1. The largest absolute Gasteiger partial charge is 0.496 e. The van der Waals surface area contributed by atoms with E-state index >= 15 is 0 Å². The van der Waals surface area contributed by atoms with Crippen LogP contribution >= 0.6 is 0 Å². The van der Waals surface area contributed by atoms with Crippen LogP contribution in [0.15, 0.2) is 71.1 Å². The highest BCUT2D eigenvalue weighted by Gasteiger charge is 2.19. The zero-order valence-electron chi connectivity index (χ0n) is 15.4. The molecule has 1 N–H and O–H groups in total. The number of ether oxygens (including phenoxy) is 2. The maximum Gasteiger partial charge on any atom is 0.263 e. The Morgan fingerprint density at radius 2 is 1.64 bits per heavy atom. The number of carbonyl (C=O) groups is 1. The predicted molar refractivity (Wildman–Crippen MR) is 107 cm³/mol. The van der Waals surface area contributed by atoms with E-state index in [2.05, 4.69) is 10.3 Å². The van der Waals surface area contributed by atoms with E-state index in [1.165, 1.54) is 14.2 Å². The molecule has 0 saturated carbocycles. The number of fused-ring (bicyclic) bond motifs is 1. The molecule has 1 heterocycles. The molecule has 0 fully saturated rings. The fraction of sp³-hybridized carbons (Fsp3) is 0.0909. The van der Waals surface area contributed by atoms with Gasteiger partial charge in [0.1, 0.15) is 22.6 Å². The Balaban J connectivity index is 1.65. The second-order valence-corrected chi connectivity index (χ2v) is 6.06. The quantitative estimate of drug-likeness (QED) is 0.545. The molecule has 0 saturated heterocycles. The van der Waals surface area contributed by atoms with Gasteiger partial charge in [-0.25, -0.2) is 4.98 Å². The third kappa shape index (κ3) is 3.27. The van der Waals surface area contributed by atoms with Crippen LogP contribution in [0.2, 0.25) is 0 Å². The number of carbonyl (C=O) groups excluding carboxylic acids is 1. The summed E-state index contributed by atoms with van der Waals surface area (Å²) in [6.45, 7) is 0. The van der Waals surface area contributed by atoms with Crippen LogP contribution in [-0.4, -0.2) is 25.1 Å². The van der Waals surface area contributed by atoms with Gasteiger partial charge in [-0.05, 0) is 42.5 Å². The van der Waals surface area contributed by atoms with E-state index in [-0.39, 0.29) is 5.91 Å². The molecule has 3 aromatic carbocycles. The Morgan fingerprint density at radius 1 is 0.929 bits per heavy atom. The fourth-order valence-electron chi connectivity index (χ4n) is 2.98. The van der Waals surface area contributed by atoms with E-state index < -0.39 is 0 Å². The van der Waals surface area contributed by atoms with Gasteiger partial charge in [0.25, 0.3) is 5.91 Å². The van der Waals surface area contributed by atoms with Gasteiger partial charge in [0.05, 0.1) is 14.2 Å². The van der Waals surface area contributed by atoms with Gasteiger partial charge in [-0.2, -0.15) is 0 Å². The van der Waals surface area contributed by atoms with Gasteiger partial charge in [-0.15, -0.1) is 0 Å². The Morgan fingerprint density at radius 3 is 2.32 bits per heavy atom. The molecule has 6 heteroatoms. The number of nitrogens with one attached hydrogen (secondary N) is 1. The monoisotopic (exact) mass is 374 g/mol. The van der Waals surface area contributed by atoms with Crippen molar-refractivity contribution < 1.29 is 18.7 Å². The number of benzene rings is 3. The third-order valence-corrected chi connectivity index (χ3v) is 4.32. The number of oxazole rings is 1. The van der Waals surface area contributed by atoms with Crippen molar-refractivity contribution in [2.24, 2.45) is 0 Å². The molecular formula is C22H18N2O4. The van der Waals surface area contributed by atoms with Crippen LogP contribution in [0.4, 0.5) is 5.69 Å². The van der Waals surface area contributed by atoms with E-state index in [4.69, 9.17) is 13.9 Å². The summed E-state index contributed by atoms with van der Waals surface area (Å²) in [4.78, 5) is 17.3. The molecule has 0 aliphatic heterocycles. The smallest absolute Gasteiger partial charge is 0.263 e. The Bertz CT molecular complexity index is 1110. The highest BCUT2D eigenvalue weighted by Crippen LogP contribution is 2.30. The van der Waals surface area contributed by atoms with Gasteiger partial charge in [0, 0.05) is 11.3 Å². The third-order valence-electron chi connectivity index (χ3n) is 4.32. The lowest BCUT2D eigenvalue weighted by Crippen LogP contribution is -2.14. The predicted octanol–water partition coefficient (Wildman–Crippen LogP) is 4.76. The van der Waals surface area contributed by atoms with E-state index in [9.17, 15) is 4.79 Å². The first-order valence-electron chi connectivity index (χ1n) is 8.68. The zero-order chi connectivity index (χ0) is 19.5. The first kappa shape index (κ1) is 17.6. The van der Waals surface area contributed by atoms with E-state index in [0.29, 0.717) is 39.7 Å².